The lowest BCUT2D eigenvalue weighted by Gasteiger charge is -2.10. The van der Waals surface area contributed by atoms with Gasteiger partial charge in [-0.2, -0.15) is 0 Å². The minimum atomic E-state index is -3.50. The number of pyridine rings is 1. The molecular weight excluding hydrogens is 290 g/mol. The van der Waals surface area contributed by atoms with Crippen molar-refractivity contribution in [2.75, 3.05) is 19.6 Å². The Morgan fingerprint density at radius 3 is 2.90 bits per heavy atom. The summed E-state index contributed by atoms with van der Waals surface area (Å²) in [5, 5.41) is 6.41. The van der Waals surface area contributed by atoms with Crippen molar-refractivity contribution in [1.29, 1.82) is 0 Å². The van der Waals surface area contributed by atoms with E-state index in [0.29, 0.717) is 12.6 Å². The molecule has 0 aliphatic heterocycles. The second-order valence-corrected chi connectivity index (χ2v) is 6.53. The predicted molar refractivity (Wildman–Crippen MR) is 81.6 cm³/mol. The Morgan fingerprint density at radius 1 is 1.48 bits per heavy atom. The number of aromatic nitrogens is 1. The molecule has 1 heterocycles. The predicted octanol–water partition coefficient (Wildman–Crippen LogP) is 0.0774. The van der Waals surface area contributed by atoms with E-state index in [1.54, 1.807) is 6.07 Å². The van der Waals surface area contributed by atoms with Gasteiger partial charge in [0.25, 0.3) is 0 Å². The van der Waals surface area contributed by atoms with E-state index >= 15 is 0 Å². The molecule has 0 unspecified atom stereocenters. The van der Waals surface area contributed by atoms with Crippen LogP contribution in [0, 0.1) is 0 Å². The molecule has 0 aromatic carbocycles. The number of aliphatic imine (C=N–C) groups is 1. The highest BCUT2D eigenvalue weighted by Crippen LogP contribution is 2.18. The fraction of sp³-hybridized carbons (Fsp3) is 0.538. The summed E-state index contributed by atoms with van der Waals surface area (Å²) in [5.41, 5.74) is 0. The van der Waals surface area contributed by atoms with Gasteiger partial charge in [0, 0.05) is 31.5 Å². The van der Waals surface area contributed by atoms with Crippen LogP contribution in [0.2, 0.25) is 0 Å². The summed E-state index contributed by atoms with van der Waals surface area (Å²) in [6, 6.07) is 3.61. The van der Waals surface area contributed by atoms with Crippen LogP contribution >= 0.6 is 0 Å². The van der Waals surface area contributed by atoms with Crippen LogP contribution in [0.5, 0.6) is 0 Å². The van der Waals surface area contributed by atoms with Gasteiger partial charge in [0.15, 0.2) is 5.96 Å². The average molecular weight is 311 g/mol. The van der Waals surface area contributed by atoms with E-state index in [4.69, 9.17) is 0 Å². The van der Waals surface area contributed by atoms with Crippen LogP contribution in [0.4, 0.5) is 0 Å². The van der Waals surface area contributed by atoms with Gasteiger partial charge in [-0.1, -0.05) is 0 Å². The standard InChI is InChI=1S/C13H21N5O2S/c1-2-15-13(18-11-5-6-11)16-8-9-17-21(19,20)12-4-3-7-14-10-12/h3-4,7,10-11,17H,2,5-6,8-9H2,1H3,(H2,15,16,18). The molecule has 1 aromatic heterocycles. The molecule has 1 aromatic rings. The highest BCUT2D eigenvalue weighted by molar-refractivity contribution is 7.89. The minimum absolute atomic E-state index is 0.164. The van der Waals surface area contributed by atoms with Gasteiger partial charge in [-0.05, 0) is 31.9 Å². The lowest BCUT2D eigenvalue weighted by atomic mass is 10.5. The number of rotatable bonds is 7. The fourth-order valence-electron chi connectivity index (χ4n) is 1.68. The van der Waals surface area contributed by atoms with Crippen molar-refractivity contribution in [3.8, 4) is 0 Å². The Bertz CT molecular complexity index is 569. The molecule has 1 aliphatic carbocycles. The first-order valence-electron chi connectivity index (χ1n) is 7.06. The van der Waals surface area contributed by atoms with Crippen molar-refractivity contribution in [3.05, 3.63) is 24.5 Å². The molecule has 0 saturated heterocycles. The number of sulfonamides is 1. The van der Waals surface area contributed by atoms with Crippen molar-refractivity contribution in [2.24, 2.45) is 4.99 Å². The van der Waals surface area contributed by atoms with Crippen molar-refractivity contribution >= 4 is 16.0 Å². The number of hydrogen-bond donors (Lipinski definition) is 3. The normalized spacial score (nSPS) is 15.8. The summed E-state index contributed by atoms with van der Waals surface area (Å²) in [7, 11) is -3.50. The highest BCUT2D eigenvalue weighted by atomic mass is 32.2. The molecular formula is C13H21N5O2S. The number of hydrogen-bond acceptors (Lipinski definition) is 4. The van der Waals surface area contributed by atoms with Crippen LogP contribution < -0.4 is 15.4 Å². The summed E-state index contributed by atoms with van der Waals surface area (Å²) in [6.07, 6.45) is 5.19. The second-order valence-electron chi connectivity index (χ2n) is 4.77. The Hall–Kier alpha value is -1.67. The van der Waals surface area contributed by atoms with Crippen LogP contribution in [0.1, 0.15) is 19.8 Å². The molecule has 0 atom stereocenters. The third-order valence-corrected chi connectivity index (χ3v) is 4.33. The molecule has 8 heteroatoms. The molecule has 1 aliphatic rings. The third-order valence-electron chi connectivity index (χ3n) is 2.88. The topological polar surface area (TPSA) is 95.5 Å². The van der Waals surface area contributed by atoms with Crippen LogP contribution in [-0.2, 0) is 10.0 Å². The number of guanidine groups is 1. The largest absolute Gasteiger partial charge is 0.357 e. The van der Waals surface area contributed by atoms with Gasteiger partial charge >= 0.3 is 0 Å². The SMILES string of the molecule is CCNC(=NCCNS(=O)(=O)c1cccnc1)NC1CC1. The van der Waals surface area contributed by atoms with Crippen molar-refractivity contribution in [2.45, 2.75) is 30.7 Å². The van der Waals surface area contributed by atoms with Crippen LogP contribution in [-0.4, -0.2) is 45.0 Å². The van der Waals surface area contributed by atoms with E-state index in [1.807, 2.05) is 6.92 Å². The lowest BCUT2D eigenvalue weighted by molar-refractivity contribution is 0.581. The summed E-state index contributed by atoms with van der Waals surface area (Å²) in [6.45, 7) is 3.40. The van der Waals surface area contributed by atoms with Crippen molar-refractivity contribution in [1.82, 2.24) is 20.3 Å². The molecule has 21 heavy (non-hydrogen) atoms. The first-order chi connectivity index (χ1) is 10.1. The van der Waals surface area contributed by atoms with E-state index in [2.05, 4.69) is 25.3 Å². The van der Waals surface area contributed by atoms with Gasteiger partial charge in [0.05, 0.1) is 6.54 Å². The maximum Gasteiger partial charge on any atom is 0.242 e. The zero-order chi connectivity index (χ0) is 15.1. The van der Waals surface area contributed by atoms with Crippen LogP contribution in [0.25, 0.3) is 0 Å². The van der Waals surface area contributed by atoms with Gasteiger partial charge in [-0.25, -0.2) is 13.1 Å². The average Bonchev–Trinajstić information content (AvgIpc) is 3.29. The number of nitrogens with zero attached hydrogens (tertiary/aromatic N) is 2. The van der Waals surface area contributed by atoms with Crippen molar-refractivity contribution in [3.63, 3.8) is 0 Å². The second kappa shape index (κ2) is 7.37. The number of nitrogens with one attached hydrogen (secondary N) is 3. The van der Waals surface area contributed by atoms with Gasteiger partial charge in [0.2, 0.25) is 10.0 Å². The Labute approximate surface area is 125 Å². The highest BCUT2D eigenvalue weighted by Gasteiger charge is 2.22. The molecule has 116 valence electrons. The molecule has 1 fully saturated rings. The van der Waals surface area contributed by atoms with Crippen LogP contribution in [0.15, 0.2) is 34.4 Å². The molecule has 3 N–H and O–H groups in total. The molecule has 0 radical (unpaired) electrons. The molecule has 0 bridgehead atoms. The molecule has 1 saturated carbocycles. The summed E-state index contributed by atoms with van der Waals surface area (Å²) >= 11 is 0. The first-order valence-corrected chi connectivity index (χ1v) is 8.54. The maximum absolute atomic E-state index is 12.0. The molecule has 7 nitrogen and oxygen atoms in total. The third kappa shape index (κ3) is 5.31. The van der Waals surface area contributed by atoms with Gasteiger partial charge in [-0.3, -0.25) is 9.98 Å². The smallest absolute Gasteiger partial charge is 0.242 e. The zero-order valence-electron chi connectivity index (χ0n) is 12.0. The van der Waals surface area contributed by atoms with E-state index in [0.717, 1.165) is 25.3 Å². The quantitative estimate of drug-likeness (QED) is 0.376. The molecule has 0 spiro atoms. The lowest BCUT2D eigenvalue weighted by Crippen LogP contribution is -2.39. The first kappa shape index (κ1) is 15.7. The van der Waals surface area contributed by atoms with Crippen LogP contribution in [0.3, 0.4) is 0 Å². The summed E-state index contributed by atoms with van der Waals surface area (Å²) in [5.74, 6) is 0.737. The zero-order valence-corrected chi connectivity index (χ0v) is 12.9. The fourth-order valence-corrected chi connectivity index (χ4v) is 2.66. The van der Waals surface area contributed by atoms with E-state index < -0.39 is 10.0 Å². The van der Waals surface area contributed by atoms with Gasteiger partial charge < -0.3 is 10.6 Å². The Balaban J connectivity index is 1.82. The summed E-state index contributed by atoms with van der Waals surface area (Å²) in [4.78, 5) is 8.31. The Morgan fingerprint density at radius 2 is 2.29 bits per heavy atom. The van der Waals surface area contributed by atoms with E-state index in [9.17, 15) is 8.42 Å². The van der Waals surface area contributed by atoms with E-state index in [1.165, 1.54) is 18.5 Å². The van der Waals surface area contributed by atoms with Crippen molar-refractivity contribution < 1.29 is 8.42 Å². The minimum Gasteiger partial charge on any atom is -0.357 e. The van der Waals surface area contributed by atoms with Gasteiger partial charge in [0.1, 0.15) is 4.90 Å². The monoisotopic (exact) mass is 311 g/mol. The van der Waals surface area contributed by atoms with Gasteiger partial charge in [-0.15, -0.1) is 0 Å². The van der Waals surface area contributed by atoms with E-state index in [-0.39, 0.29) is 11.4 Å². The molecule has 2 rings (SSSR count). The Kier molecular flexibility index (Phi) is 5.51. The molecule has 0 amide bonds. The summed E-state index contributed by atoms with van der Waals surface area (Å²) < 4.78 is 26.4. The maximum atomic E-state index is 12.0.